The van der Waals surface area contributed by atoms with E-state index in [0.29, 0.717) is 28.5 Å². The quantitative estimate of drug-likeness (QED) is 0.789. The van der Waals surface area contributed by atoms with Crippen LogP contribution in [0.2, 0.25) is 0 Å². The second-order valence-electron chi connectivity index (χ2n) is 7.62. The molecule has 0 aliphatic carbocycles. The molecule has 8 heteroatoms. The van der Waals surface area contributed by atoms with E-state index >= 15 is 0 Å². The van der Waals surface area contributed by atoms with Crippen molar-refractivity contribution in [1.82, 2.24) is 9.38 Å². The van der Waals surface area contributed by atoms with E-state index in [-0.39, 0.29) is 18.6 Å². The van der Waals surface area contributed by atoms with Crippen molar-refractivity contribution in [3.8, 4) is 0 Å². The van der Waals surface area contributed by atoms with E-state index in [0.717, 1.165) is 6.42 Å². The number of hydrogen-bond donors (Lipinski definition) is 1. The molecule has 0 spiro atoms. The standard InChI is InChI=1S/C20H25N3O5/c1-12-6-7-14(27-12)17-18(21-11-16(24)28-20(2,3)4)23-9-8-13(19(25)26-5)10-15(23)22-17/h7-10,12,21H,6,11H2,1-5H3. The topological polar surface area (TPSA) is 91.2 Å². The van der Waals surface area contributed by atoms with Crippen molar-refractivity contribution in [3.63, 3.8) is 0 Å². The molecule has 150 valence electrons. The molecule has 0 amide bonds. The molecule has 0 bridgehead atoms. The average molecular weight is 387 g/mol. The van der Waals surface area contributed by atoms with Crippen molar-refractivity contribution >= 4 is 29.2 Å². The summed E-state index contributed by atoms with van der Waals surface area (Å²) in [5.41, 5.74) is 0.937. The third-order valence-electron chi connectivity index (χ3n) is 4.06. The van der Waals surface area contributed by atoms with Crippen LogP contribution < -0.4 is 5.32 Å². The van der Waals surface area contributed by atoms with E-state index in [1.165, 1.54) is 7.11 Å². The van der Waals surface area contributed by atoms with Crippen molar-refractivity contribution in [1.29, 1.82) is 0 Å². The number of rotatable bonds is 5. The Labute approximate surface area is 163 Å². The van der Waals surface area contributed by atoms with Gasteiger partial charge in [-0.2, -0.15) is 0 Å². The molecular formula is C20H25N3O5. The Balaban J connectivity index is 1.95. The molecule has 1 unspecified atom stereocenters. The Hall–Kier alpha value is -3.03. The van der Waals surface area contributed by atoms with Crippen LogP contribution in [0.4, 0.5) is 5.82 Å². The van der Waals surface area contributed by atoms with Gasteiger partial charge in [0.1, 0.15) is 35.1 Å². The average Bonchev–Trinajstić information content (AvgIpc) is 3.20. The molecule has 0 radical (unpaired) electrons. The molecule has 8 nitrogen and oxygen atoms in total. The number of hydrogen-bond acceptors (Lipinski definition) is 7. The predicted octanol–water partition coefficient (Wildman–Crippen LogP) is 3.02. The molecule has 0 saturated heterocycles. The van der Waals surface area contributed by atoms with Gasteiger partial charge in [0.2, 0.25) is 0 Å². The Morgan fingerprint density at radius 1 is 1.39 bits per heavy atom. The summed E-state index contributed by atoms with van der Waals surface area (Å²) in [6.07, 6.45) is 4.51. The number of methoxy groups -OCH3 is 1. The molecular weight excluding hydrogens is 362 g/mol. The Bertz CT molecular complexity index is 939. The van der Waals surface area contributed by atoms with E-state index in [2.05, 4.69) is 10.3 Å². The molecule has 3 rings (SSSR count). The predicted molar refractivity (Wildman–Crippen MR) is 104 cm³/mol. The van der Waals surface area contributed by atoms with Gasteiger partial charge in [-0.05, 0) is 45.9 Å². The molecule has 0 fully saturated rings. The molecule has 1 N–H and O–H groups in total. The lowest BCUT2D eigenvalue weighted by molar-refractivity contribution is -0.152. The van der Waals surface area contributed by atoms with Crippen LogP contribution in [-0.4, -0.2) is 46.7 Å². The summed E-state index contributed by atoms with van der Waals surface area (Å²) in [5.74, 6) is 0.412. The summed E-state index contributed by atoms with van der Waals surface area (Å²) in [7, 11) is 1.33. The van der Waals surface area contributed by atoms with Crippen LogP contribution in [-0.2, 0) is 19.0 Å². The van der Waals surface area contributed by atoms with Crippen molar-refractivity contribution in [2.45, 2.75) is 45.8 Å². The zero-order valence-corrected chi connectivity index (χ0v) is 16.7. The highest BCUT2D eigenvalue weighted by Gasteiger charge is 2.24. The van der Waals surface area contributed by atoms with Crippen LogP contribution in [0, 0.1) is 0 Å². The minimum absolute atomic E-state index is 0.0281. The van der Waals surface area contributed by atoms with Gasteiger partial charge in [0.15, 0.2) is 0 Å². The summed E-state index contributed by atoms with van der Waals surface area (Å²) >= 11 is 0. The molecule has 1 atom stereocenters. The number of carbonyl (C=O) groups is 2. The monoisotopic (exact) mass is 387 g/mol. The van der Waals surface area contributed by atoms with Crippen molar-refractivity contribution < 1.29 is 23.8 Å². The van der Waals surface area contributed by atoms with Gasteiger partial charge in [0.25, 0.3) is 0 Å². The normalized spacial score (nSPS) is 16.5. The van der Waals surface area contributed by atoms with E-state index in [1.807, 2.05) is 33.8 Å². The third kappa shape index (κ3) is 4.27. The number of nitrogens with zero attached hydrogens (tertiary/aromatic N) is 2. The van der Waals surface area contributed by atoms with Gasteiger partial charge >= 0.3 is 11.9 Å². The van der Waals surface area contributed by atoms with Gasteiger partial charge in [-0.1, -0.05) is 0 Å². The fraction of sp³-hybridized carbons (Fsp3) is 0.450. The zero-order valence-electron chi connectivity index (χ0n) is 16.7. The second kappa shape index (κ2) is 7.53. The van der Waals surface area contributed by atoms with Crippen LogP contribution in [0.1, 0.15) is 50.2 Å². The Morgan fingerprint density at radius 2 is 2.14 bits per heavy atom. The number of imidazole rings is 1. The van der Waals surface area contributed by atoms with Gasteiger partial charge in [0.05, 0.1) is 18.8 Å². The Kier molecular flexibility index (Phi) is 5.31. The molecule has 0 saturated carbocycles. The number of fused-ring (bicyclic) bond motifs is 1. The molecule has 28 heavy (non-hydrogen) atoms. The summed E-state index contributed by atoms with van der Waals surface area (Å²) in [6, 6.07) is 3.27. The molecule has 0 aromatic carbocycles. The first-order valence-corrected chi connectivity index (χ1v) is 9.11. The van der Waals surface area contributed by atoms with Crippen LogP contribution >= 0.6 is 0 Å². The number of anilines is 1. The highest BCUT2D eigenvalue weighted by atomic mass is 16.6. The SMILES string of the molecule is COC(=O)c1ccn2c(NCC(=O)OC(C)(C)C)c(C3=CCC(C)O3)nc2c1. The lowest BCUT2D eigenvalue weighted by atomic mass is 10.2. The van der Waals surface area contributed by atoms with Gasteiger partial charge in [-0.25, -0.2) is 9.78 Å². The van der Waals surface area contributed by atoms with E-state index in [9.17, 15) is 9.59 Å². The molecule has 2 aromatic heterocycles. The molecule has 1 aliphatic rings. The van der Waals surface area contributed by atoms with Gasteiger partial charge in [-0.15, -0.1) is 0 Å². The summed E-state index contributed by atoms with van der Waals surface area (Å²) in [6.45, 7) is 7.40. The number of aromatic nitrogens is 2. The third-order valence-corrected chi connectivity index (χ3v) is 4.06. The van der Waals surface area contributed by atoms with E-state index < -0.39 is 11.6 Å². The van der Waals surface area contributed by atoms with Crippen LogP contribution in [0.25, 0.3) is 11.4 Å². The highest BCUT2D eigenvalue weighted by molar-refractivity contribution is 5.91. The van der Waals surface area contributed by atoms with Crippen LogP contribution in [0.15, 0.2) is 24.4 Å². The first-order valence-electron chi connectivity index (χ1n) is 9.11. The van der Waals surface area contributed by atoms with E-state index in [4.69, 9.17) is 14.2 Å². The smallest absolute Gasteiger partial charge is 0.338 e. The largest absolute Gasteiger partial charge is 0.488 e. The highest BCUT2D eigenvalue weighted by Crippen LogP contribution is 2.31. The molecule has 1 aliphatic heterocycles. The molecule has 3 heterocycles. The maximum absolute atomic E-state index is 12.1. The minimum Gasteiger partial charge on any atom is -0.488 e. The van der Waals surface area contributed by atoms with Crippen molar-refractivity contribution in [2.24, 2.45) is 0 Å². The number of esters is 2. The summed E-state index contributed by atoms with van der Waals surface area (Å²) in [4.78, 5) is 28.6. The van der Waals surface area contributed by atoms with Crippen LogP contribution in [0.3, 0.4) is 0 Å². The Morgan fingerprint density at radius 3 is 2.75 bits per heavy atom. The lowest BCUT2D eigenvalue weighted by Gasteiger charge is -2.20. The number of nitrogens with one attached hydrogen (secondary N) is 1. The first kappa shape index (κ1) is 19.7. The lowest BCUT2D eigenvalue weighted by Crippen LogP contribution is -2.28. The maximum atomic E-state index is 12.1. The number of carbonyl (C=O) groups excluding carboxylic acids is 2. The van der Waals surface area contributed by atoms with E-state index in [1.54, 1.807) is 22.7 Å². The number of ether oxygens (including phenoxy) is 3. The first-order chi connectivity index (χ1) is 13.2. The maximum Gasteiger partial charge on any atom is 0.338 e. The fourth-order valence-electron chi connectivity index (χ4n) is 2.90. The summed E-state index contributed by atoms with van der Waals surface area (Å²) < 4.78 is 17.7. The van der Waals surface area contributed by atoms with Gasteiger partial charge in [0, 0.05) is 12.6 Å². The van der Waals surface area contributed by atoms with Crippen molar-refractivity contribution in [3.05, 3.63) is 35.7 Å². The van der Waals surface area contributed by atoms with Gasteiger partial charge < -0.3 is 19.5 Å². The van der Waals surface area contributed by atoms with Gasteiger partial charge in [-0.3, -0.25) is 9.20 Å². The number of pyridine rings is 1. The second-order valence-corrected chi connectivity index (χ2v) is 7.62. The fourth-order valence-corrected chi connectivity index (χ4v) is 2.90. The molecule has 2 aromatic rings. The summed E-state index contributed by atoms with van der Waals surface area (Å²) in [5, 5.41) is 3.10. The minimum atomic E-state index is -0.566. The zero-order chi connectivity index (χ0) is 20.5. The van der Waals surface area contributed by atoms with Crippen LogP contribution in [0.5, 0.6) is 0 Å². The van der Waals surface area contributed by atoms with Crippen molar-refractivity contribution in [2.75, 3.05) is 19.0 Å².